The molecule has 1 nitrogen and oxygen atoms in total. The summed E-state index contributed by atoms with van der Waals surface area (Å²) < 4.78 is 0. The Morgan fingerprint density at radius 2 is 1.08 bits per heavy atom. The summed E-state index contributed by atoms with van der Waals surface area (Å²) in [5.74, 6) is 3.23. The molecular weight excluding hydrogens is 591 g/mol. The fourth-order valence-corrected chi connectivity index (χ4v) is 11.4. The molecule has 0 saturated heterocycles. The van der Waals surface area contributed by atoms with Crippen LogP contribution in [0, 0.1) is 23.7 Å². The quantitative estimate of drug-likeness (QED) is 0.175. The fraction of sp³-hybridized carbons (Fsp3) is 0.208. The molecule has 4 fully saturated rings. The van der Waals surface area contributed by atoms with Gasteiger partial charge < -0.3 is 4.90 Å². The first-order valence-electron chi connectivity index (χ1n) is 18.4. The van der Waals surface area contributed by atoms with Crippen LogP contribution >= 0.6 is 0 Å². The summed E-state index contributed by atoms with van der Waals surface area (Å²) in [5.41, 5.74) is 12.5. The predicted molar refractivity (Wildman–Crippen MR) is 205 cm³/mol. The molecule has 0 amide bonds. The van der Waals surface area contributed by atoms with Crippen LogP contribution < -0.4 is 4.90 Å². The second kappa shape index (κ2) is 10.4. The highest BCUT2D eigenvalue weighted by Crippen LogP contribution is 2.71. The Hall–Kier alpha value is -5.14. The summed E-state index contributed by atoms with van der Waals surface area (Å²) in [6.07, 6.45) is 6.98. The first-order chi connectivity index (χ1) is 24.3. The van der Waals surface area contributed by atoms with Gasteiger partial charge in [-0.2, -0.15) is 0 Å². The van der Waals surface area contributed by atoms with Crippen molar-refractivity contribution in [1.29, 1.82) is 0 Å². The second-order valence-electron chi connectivity index (χ2n) is 15.4. The summed E-state index contributed by atoms with van der Waals surface area (Å²) >= 11 is 0. The molecule has 4 saturated carbocycles. The Morgan fingerprint density at radius 3 is 1.90 bits per heavy atom. The van der Waals surface area contributed by atoms with Gasteiger partial charge in [-0.15, -0.1) is 0 Å². The number of fused-ring (bicyclic) bond motifs is 6. The highest BCUT2D eigenvalue weighted by atomic mass is 15.1. The lowest BCUT2D eigenvalue weighted by Crippen LogP contribution is -2.55. The number of anilines is 3. The van der Waals surface area contributed by atoms with Gasteiger partial charge in [0.1, 0.15) is 0 Å². The maximum atomic E-state index is 2.60. The lowest BCUT2D eigenvalue weighted by molar-refractivity contribution is -0.0397. The molecule has 0 aliphatic heterocycles. The predicted octanol–water partition coefficient (Wildman–Crippen LogP) is 12.9. The number of hydrogen-bond donors (Lipinski definition) is 0. The van der Waals surface area contributed by atoms with Crippen molar-refractivity contribution in [3.05, 3.63) is 163 Å². The molecule has 0 atom stereocenters. The molecule has 5 aliphatic carbocycles. The molecule has 7 aromatic rings. The minimum Gasteiger partial charge on any atom is -0.310 e. The highest BCUT2D eigenvalue weighted by Gasteiger charge is 2.62. The normalized spacial score (nSPS) is 24.4. The zero-order valence-corrected chi connectivity index (χ0v) is 27.7. The van der Waals surface area contributed by atoms with Crippen molar-refractivity contribution in [1.82, 2.24) is 0 Å². The van der Waals surface area contributed by atoms with Gasteiger partial charge in [-0.25, -0.2) is 0 Å². The van der Waals surface area contributed by atoms with Crippen LogP contribution in [0.25, 0.3) is 43.8 Å². The second-order valence-corrected chi connectivity index (χ2v) is 15.4. The Balaban J connectivity index is 1.16. The Morgan fingerprint density at radius 1 is 0.449 bits per heavy atom. The van der Waals surface area contributed by atoms with E-state index in [1.165, 1.54) is 93.0 Å². The van der Waals surface area contributed by atoms with Crippen LogP contribution in [-0.4, -0.2) is 0 Å². The molecule has 4 bridgehead atoms. The maximum absolute atomic E-state index is 2.60. The molecule has 1 spiro atoms. The van der Waals surface area contributed by atoms with E-state index < -0.39 is 0 Å². The smallest absolute Gasteiger partial charge is 0.0509 e. The topological polar surface area (TPSA) is 3.24 Å². The third-order valence-electron chi connectivity index (χ3n) is 13.0. The van der Waals surface area contributed by atoms with Crippen molar-refractivity contribution in [3.8, 4) is 22.3 Å². The molecule has 0 heterocycles. The first kappa shape index (κ1) is 27.8. The molecule has 0 N–H and O–H groups in total. The molecular formula is C48H39N. The average molecular weight is 630 g/mol. The summed E-state index contributed by atoms with van der Waals surface area (Å²) in [5, 5.41) is 5.19. The van der Waals surface area contributed by atoms with Crippen LogP contribution in [0.5, 0.6) is 0 Å². The summed E-state index contributed by atoms with van der Waals surface area (Å²) in [7, 11) is 0. The Labute approximate surface area is 288 Å². The number of benzene rings is 7. The minimum atomic E-state index is 0.0746. The molecule has 49 heavy (non-hydrogen) atoms. The number of nitrogens with zero attached hydrogens (tertiary/aromatic N) is 1. The van der Waals surface area contributed by atoms with Gasteiger partial charge in [0, 0.05) is 16.8 Å². The molecule has 7 aromatic carbocycles. The lowest BCUT2D eigenvalue weighted by Gasteiger charge is -2.61. The van der Waals surface area contributed by atoms with E-state index in [0.717, 1.165) is 11.8 Å². The molecule has 0 aromatic heterocycles. The standard InChI is InChI=1S/C48H39N/c1-2-9-33(10-3-1)34-19-21-39(22-20-34)49(40-23-24-42-36(30-40)18-17-35-11-4-5-12-41(35)42)46-16-8-14-44-43-13-6-7-15-45(43)48(47(44)46)37-26-31-25-32(28-37)29-38(48)27-31/h1-24,30-32,37-38H,25-29H2. The van der Waals surface area contributed by atoms with Crippen molar-refractivity contribution in [2.45, 2.75) is 37.5 Å². The summed E-state index contributed by atoms with van der Waals surface area (Å²) in [6, 6.07) is 57.3. The van der Waals surface area contributed by atoms with Crippen LogP contribution in [0.4, 0.5) is 17.1 Å². The molecule has 5 aliphatic rings. The zero-order valence-electron chi connectivity index (χ0n) is 27.7. The summed E-state index contributed by atoms with van der Waals surface area (Å²) in [6.45, 7) is 0. The minimum absolute atomic E-state index is 0.0746. The van der Waals surface area contributed by atoms with E-state index in [-0.39, 0.29) is 5.41 Å². The van der Waals surface area contributed by atoms with E-state index in [1.54, 1.807) is 11.1 Å². The molecule has 12 rings (SSSR count). The van der Waals surface area contributed by atoms with Gasteiger partial charge in [0.25, 0.3) is 0 Å². The monoisotopic (exact) mass is 629 g/mol. The van der Waals surface area contributed by atoms with Gasteiger partial charge in [0.2, 0.25) is 0 Å². The van der Waals surface area contributed by atoms with Crippen molar-refractivity contribution >= 4 is 38.6 Å². The van der Waals surface area contributed by atoms with Crippen LogP contribution in [0.15, 0.2) is 152 Å². The fourth-order valence-electron chi connectivity index (χ4n) is 11.4. The van der Waals surface area contributed by atoms with Crippen molar-refractivity contribution in [3.63, 3.8) is 0 Å². The Bertz CT molecular complexity index is 2370. The molecule has 1 heteroatoms. The SMILES string of the molecule is c1ccc(-c2ccc(N(c3ccc4c(ccc5ccccc54)c3)c3cccc4c3C3(c5ccccc5-4)C4CC5CC(C4)CC3C5)cc2)cc1. The van der Waals surface area contributed by atoms with E-state index in [0.29, 0.717) is 11.8 Å². The third-order valence-corrected chi connectivity index (χ3v) is 13.0. The van der Waals surface area contributed by atoms with E-state index in [4.69, 9.17) is 0 Å². The Kier molecular flexibility index (Phi) is 5.91. The third kappa shape index (κ3) is 3.93. The number of rotatable bonds is 4. The molecule has 0 radical (unpaired) electrons. The first-order valence-corrected chi connectivity index (χ1v) is 18.4. The van der Waals surface area contributed by atoms with E-state index >= 15 is 0 Å². The van der Waals surface area contributed by atoms with Crippen LogP contribution in [-0.2, 0) is 5.41 Å². The average Bonchev–Trinajstić information content (AvgIpc) is 3.46. The lowest BCUT2D eigenvalue weighted by atomic mass is 9.43. The number of hydrogen-bond acceptors (Lipinski definition) is 1. The van der Waals surface area contributed by atoms with E-state index in [2.05, 4.69) is 157 Å². The largest absolute Gasteiger partial charge is 0.310 e. The summed E-state index contributed by atoms with van der Waals surface area (Å²) in [4.78, 5) is 2.60. The van der Waals surface area contributed by atoms with Crippen molar-refractivity contribution < 1.29 is 0 Å². The van der Waals surface area contributed by atoms with Crippen LogP contribution in [0.3, 0.4) is 0 Å². The highest BCUT2D eigenvalue weighted by molar-refractivity contribution is 6.08. The maximum Gasteiger partial charge on any atom is 0.0509 e. The van der Waals surface area contributed by atoms with Crippen LogP contribution in [0.1, 0.15) is 43.2 Å². The van der Waals surface area contributed by atoms with Crippen molar-refractivity contribution in [2.24, 2.45) is 23.7 Å². The van der Waals surface area contributed by atoms with E-state index in [9.17, 15) is 0 Å². The van der Waals surface area contributed by atoms with Gasteiger partial charge in [-0.1, -0.05) is 121 Å². The van der Waals surface area contributed by atoms with Crippen LogP contribution in [0.2, 0.25) is 0 Å². The van der Waals surface area contributed by atoms with E-state index in [1.807, 2.05) is 0 Å². The van der Waals surface area contributed by atoms with Gasteiger partial charge in [-0.05, 0) is 141 Å². The zero-order chi connectivity index (χ0) is 32.1. The van der Waals surface area contributed by atoms with Gasteiger partial charge in [-0.3, -0.25) is 0 Å². The molecule has 0 unspecified atom stereocenters. The van der Waals surface area contributed by atoms with Gasteiger partial charge >= 0.3 is 0 Å². The van der Waals surface area contributed by atoms with Gasteiger partial charge in [0.15, 0.2) is 0 Å². The van der Waals surface area contributed by atoms with Gasteiger partial charge in [0.05, 0.1) is 5.69 Å². The molecule has 236 valence electrons. The van der Waals surface area contributed by atoms with Crippen molar-refractivity contribution in [2.75, 3.05) is 4.90 Å².